The number of carbonyl (C=O) groups is 3. The highest BCUT2D eigenvalue weighted by molar-refractivity contribution is 5.96. The van der Waals surface area contributed by atoms with E-state index >= 15 is 0 Å². The number of carboxylic acids is 2. The molecule has 0 spiro atoms. The first-order chi connectivity index (χ1) is 19.2. The standard InChI is InChI=1S/C20H29N7O.2C2HF3O2/c1-11(2)23-19(28)18-24-14-9-8-12(3)10-13(14)17(27-18)25-15-6-4-5-7-16(15)26-20(21)22;2*3-2(4,5)1(6)7/h8-11,15-16H,4-7H2,1-3H3,(H,23,28)(H4,21,22,26)(H,24,25,27);2*(H,6,7). The van der Waals surface area contributed by atoms with Gasteiger partial charge in [0.2, 0.25) is 5.82 Å². The Morgan fingerprint density at radius 1 is 0.976 bits per heavy atom. The Morgan fingerprint density at radius 3 is 1.93 bits per heavy atom. The molecule has 12 nitrogen and oxygen atoms in total. The second-order valence-corrected chi connectivity index (χ2v) is 9.35. The lowest BCUT2D eigenvalue weighted by molar-refractivity contribution is -0.193. The van der Waals surface area contributed by atoms with E-state index in [1.165, 1.54) is 0 Å². The van der Waals surface area contributed by atoms with Crippen LogP contribution < -0.4 is 21.7 Å². The van der Waals surface area contributed by atoms with Crippen LogP contribution in [0.2, 0.25) is 0 Å². The number of benzene rings is 1. The Hall–Kier alpha value is -4.38. The third-order valence-electron chi connectivity index (χ3n) is 5.39. The van der Waals surface area contributed by atoms with Crippen LogP contribution in [0.15, 0.2) is 18.2 Å². The quantitative estimate of drug-likeness (QED) is 0.149. The number of carboxylic acid groups (broad SMARTS) is 2. The summed E-state index contributed by atoms with van der Waals surface area (Å²) in [5.74, 6) is -5.04. The molecule has 2 atom stereocenters. The van der Waals surface area contributed by atoms with Gasteiger partial charge in [0.15, 0.2) is 5.96 Å². The van der Waals surface area contributed by atoms with Gasteiger partial charge in [0.25, 0.3) is 5.91 Å². The highest BCUT2D eigenvalue weighted by Crippen LogP contribution is 2.27. The number of amides is 1. The van der Waals surface area contributed by atoms with Crippen LogP contribution in [0.25, 0.3) is 10.9 Å². The van der Waals surface area contributed by atoms with Crippen molar-refractivity contribution in [3.05, 3.63) is 29.6 Å². The SMILES string of the molecule is Cc1ccc2nc(C(=O)NC(C)C)nc(NC3CCCCC3NC(=N)N)c2c1.O=C(O)C(F)(F)F.O=C(O)C(F)(F)F. The van der Waals surface area contributed by atoms with Crippen molar-refractivity contribution in [2.75, 3.05) is 5.32 Å². The molecule has 2 unspecified atom stereocenters. The summed E-state index contributed by atoms with van der Waals surface area (Å²) in [5.41, 5.74) is 7.39. The number of rotatable bonds is 5. The summed E-state index contributed by atoms with van der Waals surface area (Å²) in [6.07, 6.45) is -6.11. The van der Waals surface area contributed by atoms with Crippen LogP contribution in [0.3, 0.4) is 0 Å². The van der Waals surface area contributed by atoms with Gasteiger partial charge >= 0.3 is 24.3 Å². The van der Waals surface area contributed by atoms with Crippen LogP contribution in [0.5, 0.6) is 0 Å². The topological polar surface area (TPSA) is 203 Å². The van der Waals surface area contributed by atoms with Gasteiger partial charge in [0.1, 0.15) is 5.82 Å². The molecule has 1 aromatic heterocycles. The Labute approximate surface area is 235 Å². The van der Waals surface area contributed by atoms with E-state index in [4.69, 9.17) is 30.9 Å². The normalized spacial score (nSPS) is 16.7. The van der Waals surface area contributed by atoms with E-state index in [-0.39, 0.29) is 35.8 Å². The van der Waals surface area contributed by atoms with Gasteiger partial charge in [0, 0.05) is 23.5 Å². The molecule has 8 N–H and O–H groups in total. The fourth-order valence-corrected chi connectivity index (χ4v) is 3.63. The minimum absolute atomic E-state index is 0.00344. The third-order valence-corrected chi connectivity index (χ3v) is 5.39. The predicted octanol–water partition coefficient (Wildman–Crippen LogP) is 3.55. The largest absolute Gasteiger partial charge is 0.490 e. The molecule has 1 fully saturated rings. The first-order valence-corrected chi connectivity index (χ1v) is 12.3. The molecule has 3 rings (SSSR count). The monoisotopic (exact) mass is 611 g/mol. The van der Waals surface area contributed by atoms with E-state index in [0.717, 1.165) is 42.1 Å². The molecule has 18 heteroatoms. The van der Waals surface area contributed by atoms with Gasteiger partial charge in [-0.25, -0.2) is 19.6 Å². The maximum atomic E-state index is 12.5. The van der Waals surface area contributed by atoms with Gasteiger partial charge < -0.3 is 31.9 Å². The molecule has 234 valence electrons. The number of hydrogen-bond donors (Lipinski definition) is 7. The molecule has 1 aliphatic carbocycles. The number of guanidine groups is 1. The Balaban J connectivity index is 0.000000522. The van der Waals surface area contributed by atoms with Crippen molar-refractivity contribution in [3.63, 3.8) is 0 Å². The molecule has 0 saturated heterocycles. The van der Waals surface area contributed by atoms with Crippen molar-refractivity contribution in [1.82, 2.24) is 20.6 Å². The molecule has 1 aromatic carbocycles. The summed E-state index contributed by atoms with van der Waals surface area (Å²) in [6, 6.07) is 6.03. The highest BCUT2D eigenvalue weighted by atomic mass is 19.4. The lowest BCUT2D eigenvalue weighted by atomic mass is 9.90. The highest BCUT2D eigenvalue weighted by Gasteiger charge is 2.39. The van der Waals surface area contributed by atoms with E-state index in [1.807, 2.05) is 39.0 Å². The van der Waals surface area contributed by atoms with Crippen molar-refractivity contribution < 1.29 is 50.9 Å². The molecule has 42 heavy (non-hydrogen) atoms. The Morgan fingerprint density at radius 2 is 1.48 bits per heavy atom. The van der Waals surface area contributed by atoms with Crippen LogP contribution in [0, 0.1) is 12.3 Å². The maximum absolute atomic E-state index is 12.5. The molecule has 0 aliphatic heterocycles. The Kier molecular flexibility index (Phi) is 12.7. The van der Waals surface area contributed by atoms with Crippen molar-refractivity contribution >= 4 is 40.5 Å². The van der Waals surface area contributed by atoms with Crippen molar-refractivity contribution in [2.24, 2.45) is 5.73 Å². The summed E-state index contributed by atoms with van der Waals surface area (Å²) < 4.78 is 63.5. The number of aliphatic carboxylic acids is 2. The summed E-state index contributed by atoms with van der Waals surface area (Å²) in [6.45, 7) is 5.83. The van der Waals surface area contributed by atoms with Crippen molar-refractivity contribution in [2.45, 2.75) is 76.9 Å². The molecular weight excluding hydrogens is 580 g/mol. The molecular formula is C24H31F6N7O5. The molecule has 1 aliphatic rings. The molecule has 1 amide bonds. The van der Waals surface area contributed by atoms with Crippen LogP contribution in [-0.4, -0.2) is 74.5 Å². The van der Waals surface area contributed by atoms with Gasteiger partial charge in [-0.05, 0) is 45.7 Å². The number of aromatic nitrogens is 2. The zero-order valence-electron chi connectivity index (χ0n) is 22.7. The zero-order chi connectivity index (χ0) is 32.4. The fourth-order valence-electron chi connectivity index (χ4n) is 3.63. The van der Waals surface area contributed by atoms with Crippen LogP contribution in [0.1, 0.15) is 55.7 Å². The van der Waals surface area contributed by atoms with Gasteiger partial charge in [0.05, 0.1) is 5.52 Å². The van der Waals surface area contributed by atoms with Gasteiger partial charge in [-0.15, -0.1) is 0 Å². The molecule has 0 radical (unpaired) electrons. The number of nitrogens with zero attached hydrogens (tertiary/aromatic N) is 2. The van der Waals surface area contributed by atoms with E-state index in [0.29, 0.717) is 5.82 Å². The van der Waals surface area contributed by atoms with E-state index in [9.17, 15) is 31.1 Å². The molecule has 1 saturated carbocycles. The molecule has 1 heterocycles. The summed E-state index contributed by atoms with van der Waals surface area (Å²) >= 11 is 0. The van der Waals surface area contributed by atoms with Crippen LogP contribution >= 0.6 is 0 Å². The fraction of sp³-hybridized carbons (Fsp3) is 0.500. The number of hydrogen-bond acceptors (Lipinski definition) is 7. The zero-order valence-corrected chi connectivity index (χ0v) is 22.7. The van der Waals surface area contributed by atoms with E-state index in [1.54, 1.807) is 0 Å². The van der Waals surface area contributed by atoms with E-state index < -0.39 is 24.3 Å². The number of fused-ring (bicyclic) bond motifs is 1. The third kappa shape index (κ3) is 12.0. The van der Waals surface area contributed by atoms with E-state index in [2.05, 4.69) is 25.9 Å². The minimum Gasteiger partial charge on any atom is -0.475 e. The minimum atomic E-state index is -5.08. The first-order valence-electron chi connectivity index (χ1n) is 12.3. The number of alkyl halides is 6. The Bertz CT molecular complexity index is 1250. The summed E-state index contributed by atoms with van der Waals surface area (Å²) in [5, 5.41) is 32.1. The number of halogens is 6. The second-order valence-electron chi connectivity index (χ2n) is 9.35. The maximum Gasteiger partial charge on any atom is 0.490 e. The average Bonchev–Trinajstić information content (AvgIpc) is 2.84. The summed E-state index contributed by atoms with van der Waals surface area (Å²) in [4.78, 5) is 39.3. The number of carbonyl (C=O) groups excluding carboxylic acids is 1. The lowest BCUT2D eigenvalue weighted by Crippen LogP contribution is -2.50. The first kappa shape index (κ1) is 35.6. The van der Waals surface area contributed by atoms with Crippen LogP contribution in [0.4, 0.5) is 32.2 Å². The lowest BCUT2D eigenvalue weighted by Gasteiger charge is -2.33. The van der Waals surface area contributed by atoms with Gasteiger partial charge in [-0.1, -0.05) is 24.5 Å². The van der Waals surface area contributed by atoms with Crippen molar-refractivity contribution in [1.29, 1.82) is 5.41 Å². The van der Waals surface area contributed by atoms with Gasteiger partial charge in [-0.2, -0.15) is 26.3 Å². The van der Waals surface area contributed by atoms with Crippen molar-refractivity contribution in [3.8, 4) is 0 Å². The molecule has 2 aromatic rings. The van der Waals surface area contributed by atoms with Crippen LogP contribution in [-0.2, 0) is 9.59 Å². The number of nitrogens with one attached hydrogen (secondary N) is 4. The summed E-state index contributed by atoms with van der Waals surface area (Å²) in [7, 11) is 0. The average molecular weight is 612 g/mol. The number of nitrogens with two attached hydrogens (primary N) is 1. The second kappa shape index (κ2) is 15.0. The van der Waals surface area contributed by atoms with Gasteiger partial charge in [-0.3, -0.25) is 10.2 Å². The predicted molar refractivity (Wildman–Crippen MR) is 139 cm³/mol. The molecule has 0 bridgehead atoms. The smallest absolute Gasteiger partial charge is 0.475 e. The number of aryl methyl sites for hydroxylation is 1. The number of anilines is 1.